The third-order valence-electron chi connectivity index (χ3n) is 9.25. The van der Waals surface area contributed by atoms with Gasteiger partial charge in [0.2, 0.25) is 0 Å². The number of aliphatic hydroxyl groups excluding tert-OH is 1. The smallest absolute Gasteiger partial charge is 0.0883 e. The highest BCUT2D eigenvalue weighted by Gasteiger charge is 2.58. The van der Waals surface area contributed by atoms with E-state index < -0.39 is 5.60 Å². The van der Waals surface area contributed by atoms with Gasteiger partial charge in [-0.3, -0.25) is 0 Å². The fraction of sp³-hybridized carbons (Fsp3) is 0.913. The van der Waals surface area contributed by atoms with Crippen LogP contribution in [0.4, 0.5) is 0 Å². The van der Waals surface area contributed by atoms with Crippen molar-refractivity contribution in [1.29, 1.82) is 0 Å². The molecule has 0 aromatic carbocycles. The quantitative estimate of drug-likeness (QED) is 0.735. The predicted molar refractivity (Wildman–Crippen MR) is 104 cm³/mol. The van der Waals surface area contributed by atoms with Crippen molar-refractivity contribution in [2.75, 3.05) is 13.7 Å². The second-order valence-corrected chi connectivity index (χ2v) is 10.6. The zero-order valence-electron chi connectivity index (χ0n) is 17.1. The van der Waals surface area contributed by atoms with Crippen molar-refractivity contribution in [3.05, 3.63) is 11.6 Å². The summed E-state index contributed by atoms with van der Waals surface area (Å²) in [6, 6.07) is 0. The molecule has 0 heterocycles. The molecule has 1 unspecified atom stereocenters. The lowest BCUT2D eigenvalue weighted by Gasteiger charge is -2.58. The number of hydrogen-bond acceptors (Lipinski definition) is 3. The van der Waals surface area contributed by atoms with Crippen LogP contribution in [-0.2, 0) is 4.74 Å². The first kappa shape index (κ1) is 19.0. The molecule has 0 aliphatic heterocycles. The maximum absolute atomic E-state index is 10.9. The lowest BCUT2D eigenvalue weighted by molar-refractivity contribution is -0.108. The van der Waals surface area contributed by atoms with Gasteiger partial charge in [-0.25, -0.2) is 0 Å². The summed E-state index contributed by atoms with van der Waals surface area (Å²) in [5.74, 6) is 2.47. The molecule has 4 rings (SSSR count). The van der Waals surface area contributed by atoms with Crippen LogP contribution in [0.2, 0.25) is 0 Å². The molecule has 4 aliphatic rings. The summed E-state index contributed by atoms with van der Waals surface area (Å²) in [7, 11) is 1.70. The van der Waals surface area contributed by atoms with Gasteiger partial charge < -0.3 is 14.9 Å². The van der Waals surface area contributed by atoms with Crippen LogP contribution in [0.15, 0.2) is 11.6 Å². The van der Waals surface area contributed by atoms with Gasteiger partial charge in [0.25, 0.3) is 0 Å². The lowest BCUT2D eigenvalue weighted by Crippen LogP contribution is -2.52. The molecule has 0 aromatic heterocycles. The minimum atomic E-state index is -0.625. The zero-order valence-corrected chi connectivity index (χ0v) is 17.1. The number of rotatable bonds is 3. The molecule has 0 radical (unpaired) electrons. The molecule has 3 fully saturated rings. The van der Waals surface area contributed by atoms with Gasteiger partial charge in [-0.1, -0.05) is 25.5 Å². The average molecular weight is 363 g/mol. The Labute approximate surface area is 159 Å². The molecule has 8 atom stereocenters. The summed E-state index contributed by atoms with van der Waals surface area (Å²) in [5.41, 5.74) is 1.62. The van der Waals surface area contributed by atoms with Crippen LogP contribution in [0.3, 0.4) is 0 Å². The Hall–Kier alpha value is -0.380. The molecule has 0 amide bonds. The molecule has 148 valence electrons. The van der Waals surface area contributed by atoms with E-state index in [-0.39, 0.29) is 16.9 Å². The fourth-order valence-corrected chi connectivity index (χ4v) is 7.82. The second kappa shape index (κ2) is 6.32. The first-order chi connectivity index (χ1) is 12.2. The van der Waals surface area contributed by atoms with Gasteiger partial charge in [-0.15, -0.1) is 0 Å². The van der Waals surface area contributed by atoms with Crippen LogP contribution in [0.5, 0.6) is 0 Å². The molecular weight excluding hydrogens is 324 g/mol. The minimum Gasteiger partial charge on any atom is -0.393 e. The molecule has 2 N–H and O–H groups in total. The van der Waals surface area contributed by atoms with E-state index in [9.17, 15) is 10.2 Å². The van der Waals surface area contributed by atoms with E-state index in [4.69, 9.17) is 4.74 Å². The molecule has 3 heteroatoms. The van der Waals surface area contributed by atoms with E-state index in [2.05, 4.69) is 19.9 Å². The Morgan fingerprint density at radius 2 is 1.96 bits per heavy atom. The molecule has 0 spiro atoms. The monoisotopic (exact) mass is 362 g/mol. The van der Waals surface area contributed by atoms with Crippen molar-refractivity contribution in [2.24, 2.45) is 34.5 Å². The van der Waals surface area contributed by atoms with Crippen LogP contribution in [0.25, 0.3) is 0 Å². The van der Waals surface area contributed by atoms with E-state index in [1.807, 2.05) is 6.92 Å². The number of methoxy groups -OCH3 is 1. The lowest BCUT2D eigenvalue weighted by atomic mass is 9.47. The Morgan fingerprint density at radius 1 is 1.19 bits per heavy atom. The van der Waals surface area contributed by atoms with Crippen molar-refractivity contribution in [1.82, 2.24) is 0 Å². The summed E-state index contributed by atoms with van der Waals surface area (Å²) in [5, 5.41) is 21.3. The van der Waals surface area contributed by atoms with Crippen LogP contribution in [0.1, 0.15) is 72.1 Å². The Bertz CT molecular complexity index is 584. The summed E-state index contributed by atoms with van der Waals surface area (Å²) < 4.78 is 5.32. The van der Waals surface area contributed by atoms with E-state index in [0.29, 0.717) is 24.4 Å². The van der Waals surface area contributed by atoms with Crippen LogP contribution < -0.4 is 0 Å². The Morgan fingerprint density at radius 3 is 2.65 bits per heavy atom. The summed E-state index contributed by atoms with van der Waals surface area (Å²) in [6.07, 6.45) is 11.3. The molecule has 4 aliphatic carbocycles. The van der Waals surface area contributed by atoms with Crippen molar-refractivity contribution >= 4 is 0 Å². The molecule has 3 nitrogen and oxygen atoms in total. The SMILES string of the molecule is COC[C@@]1(O)CC[C@]2(C)C3=CC[C@]4(C)[C@@H](C(C)O)CC[C@H]4[C@@H]3CC[C@@H]2C1. The topological polar surface area (TPSA) is 49.7 Å². The van der Waals surface area contributed by atoms with E-state index in [0.717, 1.165) is 31.6 Å². The number of aliphatic hydroxyl groups is 2. The van der Waals surface area contributed by atoms with Gasteiger partial charge >= 0.3 is 0 Å². The van der Waals surface area contributed by atoms with Gasteiger partial charge in [-0.2, -0.15) is 0 Å². The summed E-state index contributed by atoms with van der Waals surface area (Å²) >= 11 is 0. The highest BCUT2D eigenvalue weighted by molar-refractivity contribution is 5.29. The van der Waals surface area contributed by atoms with Gasteiger partial charge in [0.05, 0.1) is 18.3 Å². The highest BCUT2D eigenvalue weighted by atomic mass is 16.5. The molecule has 0 aromatic rings. The highest BCUT2D eigenvalue weighted by Crippen LogP contribution is 2.66. The van der Waals surface area contributed by atoms with Gasteiger partial charge in [0.15, 0.2) is 0 Å². The van der Waals surface area contributed by atoms with Gasteiger partial charge in [-0.05, 0) is 92.8 Å². The van der Waals surface area contributed by atoms with E-state index in [1.165, 1.54) is 25.7 Å². The van der Waals surface area contributed by atoms with Crippen molar-refractivity contribution < 1.29 is 14.9 Å². The van der Waals surface area contributed by atoms with Gasteiger partial charge in [0.1, 0.15) is 0 Å². The maximum atomic E-state index is 10.9. The second-order valence-electron chi connectivity index (χ2n) is 10.6. The molecule has 0 bridgehead atoms. The first-order valence-corrected chi connectivity index (χ1v) is 10.8. The predicted octanol–water partition coefficient (Wildman–Crippen LogP) is 4.32. The number of fused-ring (bicyclic) bond motifs is 5. The molecule has 26 heavy (non-hydrogen) atoms. The normalized spacial score (nSPS) is 51.8. The first-order valence-electron chi connectivity index (χ1n) is 10.8. The Kier molecular flexibility index (Phi) is 4.61. The maximum Gasteiger partial charge on any atom is 0.0883 e. The third kappa shape index (κ3) is 2.64. The molecule has 0 saturated heterocycles. The Balaban J connectivity index is 1.61. The fourth-order valence-electron chi connectivity index (χ4n) is 7.82. The van der Waals surface area contributed by atoms with Crippen molar-refractivity contribution in [2.45, 2.75) is 83.8 Å². The third-order valence-corrected chi connectivity index (χ3v) is 9.25. The van der Waals surface area contributed by atoms with E-state index in [1.54, 1.807) is 12.7 Å². The standard InChI is InChI=1S/C23H38O3/c1-15(24)18-7-8-19-17-6-5-16-13-23(25,14-26-4)12-11-21(16,2)20(17)9-10-22(18,19)3/h9,15-19,24-25H,5-8,10-14H2,1-4H3/t15?,16-,17+,18-,19+,21+,22-,23-/m1/s1. The molecular formula is C23H38O3. The van der Waals surface area contributed by atoms with Crippen molar-refractivity contribution in [3.8, 4) is 0 Å². The number of allylic oxidation sites excluding steroid dienone is 2. The van der Waals surface area contributed by atoms with E-state index >= 15 is 0 Å². The van der Waals surface area contributed by atoms with Crippen LogP contribution >= 0.6 is 0 Å². The zero-order chi connectivity index (χ0) is 18.7. The summed E-state index contributed by atoms with van der Waals surface area (Å²) in [4.78, 5) is 0. The minimum absolute atomic E-state index is 0.189. The van der Waals surface area contributed by atoms with Gasteiger partial charge in [0, 0.05) is 7.11 Å². The van der Waals surface area contributed by atoms with Crippen LogP contribution in [-0.4, -0.2) is 35.6 Å². The van der Waals surface area contributed by atoms with Crippen molar-refractivity contribution in [3.63, 3.8) is 0 Å². The van der Waals surface area contributed by atoms with Crippen LogP contribution in [0, 0.1) is 34.5 Å². The number of hydrogen-bond donors (Lipinski definition) is 2. The average Bonchev–Trinajstić information content (AvgIpc) is 2.93. The summed E-state index contributed by atoms with van der Waals surface area (Å²) in [6.45, 7) is 7.39. The molecule has 3 saturated carbocycles. The number of ether oxygens (including phenoxy) is 1. The largest absolute Gasteiger partial charge is 0.393 e.